The molecule has 132 valence electrons. The highest BCUT2D eigenvalue weighted by Crippen LogP contribution is 2.22. The van der Waals surface area contributed by atoms with Gasteiger partial charge in [0, 0.05) is 11.3 Å². The Kier molecular flexibility index (Phi) is 5.63. The van der Waals surface area contributed by atoms with Crippen molar-refractivity contribution in [2.75, 3.05) is 11.1 Å². The first kappa shape index (κ1) is 18.1. The van der Waals surface area contributed by atoms with Gasteiger partial charge in [-0.2, -0.15) is 0 Å². The molecule has 0 aliphatic carbocycles. The van der Waals surface area contributed by atoms with Gasteiger partial charge in [0.25, 0.3) is 0 Å². The average Bonchev–Trinajstić information content (AvgIpc) is 2.65. The van der Waals surface area contributed by atoms with Crippen molar-refractivity contribution in [2.24, 2.45) is 0 Å². The third-order valence-electron chi connectivity index (χ3n) is 3.92. The molecule has 26 heavy (non-hydrogen) atoms. The predicted molar refractivity (Wildman–Crippen MR) is 103 cm³/mol. The van der Waals surface area contributed by atoms with E-state index in [4.69, 9.17) is 0 Å². The van der Waals surface area contributed by atoms with Crippen LogP contribution < -0.4 is 5.32 Å². The SMILES string of the molecule is Cc1ccc(-c2ccc(SCC(=O)Nc3ccc(F)cc3)nn2)cc1C. The molecule has 0 aliphatic rings. The lowest BCUT2D eigenvalue weighted by Gasteiger charge is -2.06. The lowest BCUT2D eigenvalue weighted by atomic mass is 10.0. The number of nitrogens with zero attached hydrogens (tertiary/aromatic N) is 2. The monoisotopic (exact) mass is 367 g/mol. The smallest absolute Gasteiger partial charge is 0.234 e. The standard InChI is InChI=1S/C20H18FN3OS/c1-13-3-4-15(11-14(13)2)18-9-10-20(24-23-18)26-12-19(25)22-17-7-5-16(21)6-8-17/h3-11H,12H2,1-2H3,(H,22,25). The van der Waals surface area contributed by atoms with Crippen LogP contribution in [0.15, 0.2) is 59.6 Å². The Balaban J connectivity index is 1.58. The fourth-order valence-electron chi connectivity index (χ4n) is 2.32. The fraction of sp³-hybridized carbons (Fsp3) is 0.150. The summed E-state index contributed by atoms with van der Waals surface area (Å²) in [5.41, 5.74) is 4.83. The summed E-state index contributed by atoms with van der Waals surface area (Å²) in [4.78, 5) is 12.0. The van der Waals surface area contributed by atoms with E-state index in [2.05, 4.69) is 41.5 Å². The number of hydrogen-bond acceptors (Lipinski definition) is 4. The van der Waals surface area contributed by atoms with Gasteiger partial charge < -0.3 is 5.32 Å². The van der Waals surface area contributed by atoms with Gasteiger partial charge in [0.1, 0.15) is 10.8 Å². The molecule has 0 bridgehead atoms. The number of benzene rings is 2. The van der Waals surface area contributed by atoms with Gasteiger partial charge in [-0.15, -0.1) is 10.2 Å². The van der Waals surface area contributed by atoms with E-state index in [1.54, 1.807) is 0 Å². The van der Waals surface area contributed by atoms with Crippen LogP contribution in [-0.2, 0) is 4.79 Å². The molecule has 1 amide bonds. The molecule has 0 unspecified atom stereocenters. The molecule has 0 saturated heterocycles. The van der Waals surface area contributed by atoms with Crippen molar-refractivity contribution < 1.29 is 9.18 Å². The number of amides is 1. The number of anilines is 1. The van der Waals surface area contributed by atoms with Crippen molar-refractivity contribution in [1.82, 2.24) is 10.2 Å². The number of carbonyl (C=O) groups excluding carboxylic acids is 1. The summed E-state index contributed by atoms with van der Waals surface area (Å²) in [5, 5.41) is 11.8. The molecule has 6 heteroatoms. The molecule has 1 heterocycles. The van der Waals surface area contributed by atoms with Crippen LogP contribution in [0.3, 0.4) is 0 Å². The van der Waals surface area contributed by atoms with Gasteiger partial charge in [0.2, 0.25) is 5.91 Å². The van der Waals surface area contributed by atoms with Crippen molar-refractivity contribution in [2.45, 2.75) is 18.9 Å². The summed E-state index contributed by atoms with van der Waals surface area (Å²) in [7, 11) is 0. The maximum Gasteiger partial charge on any atom is 0.234 e. The number of nitrogens with one attached hydrogen (secondary N) is 1. The third-order valence-corrected chi connectivity index (χ3v) is 4.84. The highest BCUT2D eigenvalue weighted by molar-refractivity contribution is 7.99. The molecule has 0 radical (unpaired) electrons. The van der Waals surface area contributed by atoms with E-state index in [0.29, 0.717) is 10.7 Å². The second-order valence-corrected chi connectivity index (χ2v) is 6.90. The van der Waals surface area contributed by atoms with Crippen molar-refractivity contribution in [1.29, 1.82) is 0 Å². The van der Waals surface area contributed by atoms with E-state index in [1.807, 2.05) is 18.2 Å². The second-order valence-electron chi connectivity index (χ2n) is 5.90. The van der Waals surface area contributed by atoms with Crippen LogP contribution in [0.1, 0.15) is 11.1 Å². The zero-order valence-electron chi connectivity index (χ0n) is 14.5. The van der Waals surface area contributed by atoms with Crippen LogP contribution in [0.4, 0.5) is 10.1 Å². The van der Waals surface area contributed by atoms with E-state index in [0.717, 1.165) is 11.3 Å². The molecule has 0 atom stereocenters. The first-order valence-corrected chi connectivity index (χ1v) is 9.09. The number of rotatable bonds is 5. The summed E-state index contributed by atoms with van der Waals surface area (Å²) < 4.78 is 12.9. The summed E-state index contributed by atoms with van der Waals surface area (Å²) >= 11 is 1.30. The van der Waals surface area contributed by atoms with Crippen molar-refractivity contribution in [3.8, 4) is 11.3 Å². The zero-order valence-corrected chi connectivity index (χ0v) is 15.3. The first-order valence-electron chi connectivity index (χ1n) is 8.11. The molecule has 0 aliphatic heterocycles. The molecule has 0 saturated carbocycles. The number of aryl methyl sites for hydroxylation is 2. The van der Waals surface area contributed by atoms with E-state index < -0.39 is 0 Å². The van der Waals surface area contributed by atoms with Crippen LogP contribution in [-0.4, -0.2) is 21.9 Å². The summed E-state index contributed by atoms with van der Waals surface area (Å²) in [6.07, 6.45) is 0. The van der Waals surface area contributed by atoms with Crippen LogP contribution in [0, 0.1) is 19.7 Å². The Bertz CT molecular complexity index is 911. The third kappa shape index (κ3) is 4.67. The minimum atomic E-state index is -0.337. The van der Waals surface area contributed by atoms with Crippen LogP contribution in [0.25, 0.3) is 11.3 Å². The molecule has 3 aromatic rings. The van der Waals surface area contributed by atoms with Crippen LogP contribution in [0.5, 0.6) is 0 Å². The van der Waals surface area contributed by atoms with Gasteiger partial charge in [-0.25, -0.2) is 4.39 Å². The fourth-order valence-corrected chi connectivity index (χ4v) is 2.94. The molecule has 1 N–H and O–H groups in total. The van der Waals surface area contributed by atoms with E-state index >= 15 is 0 Å². The van der Waals surface area contributed by atoms with Gasteiger partial charge in [-0.05, 0) is 67.4 Å². The first-order chi connectivity index (χ1) is 12.5. The molecule has 0 spiro atoms. The zero-order chi connectivity index (χ0) is 18.5. The summed E-state index contributed by atoms with van der Waals surface area (Å²) in [5.74, 6) is -0.312. The molecular weight excluding hydrogens is 349 g/mol. The molecule has 0 fully saturated rings. The Morgan fingerprint density at radius 1 is 1.00 bits per heavy atom. The van der Waals surface area contributed by atoms with Crippen molar-refractivity contribution in [3.05, 3.63) is 71.5 Å². The van der Waals surface area contributed by atoms with Gasteiger partial charge in [-0.1, -0.05) is 23.9 Å². The van der Waals surface area contributed by atoms with E-state index in [-0.39, 0.29) is 17.5 Å². The van der Waals surface area contributed by atoms with E-state index in [1.165, 1.54) is 47.2 Å². The van der Waals surface area contributed by atoms with Crippen LogP contribution >= 0.6 is 11.8 Å². The quantitative estimate of drug-likeness (QED) is 0.668. The molecule has 3 rings (SSSR count). The molecule has 2 aromatic carbocycles. The van der Waals surface area contributed by atoms with Gasteiger partial charge in [0.15, 0.2) is 0 Å². The largest absolute Gasteiger partial charge is 0.325 e. The maximum atomic E-state index is 12.9. The summed E-state index contributed by atoms with van der Waals surface area (Å²) in [6.45, 7) is 4.14. The lowest BCUT2D eigenvalue weighted by molar-refractivity contribution is -0.113. The molecule has 4 nitrogen and oxygen atoms in total. The number of thioether (sulfide) groups is 1. The minimum Gasteiger partial charge on any atom is -0.325 e. The normalized spacial score (nSPS) is 10.6. The highest BCUT2D eigenvalue weighted by Gasteiger charge is 2.07. The lowest BCUT2D eigenvalue weighted by Crippen LogP contribution is -2.14. The van der Waals surface area contributed by atoms with Crippen molar-refractivity contribution in [3.63, 3.8) is 0 Å². The van der Waals surface area contributed by atoms with E-state index in [9.17, 15) is 9.18 Å². The predicted octanol–water partition coefficient (Wildman–Crippen LogP) is 4.63. The Hall–Kier alpha value is -2.73. The Morgan fingerprint density at radius 3 is 2.42 bits per heavy atom. The average molecular weight is 367 g/mol. The minimum absolute atomic E-state index is 0.179. The van der Waals surface area contributed by atoms with Gasteiger partial charge in [-0.3, -0.25) is 4.79 Å². The van der Waals surface area contributed by atoms with Gasteiger partial charge in [0.05, 0.1) is 11.4 Å². The maximum absolute atomic E-state index is 12.9. The van der Waals surface area contributed by atoms with Gasteiger partial charge >= 0.3 is 0 Å². The molecule has 1 aromatic heterocycles. The number of aromatic nitrogens is 2. The molecular formula is C20H18FN3OS. The van der Waals surface area contributed by atoms with Crippen molar-refractivity contribution >= 4 is 23.4 Å². The Labute approximate surface area is 155 Å². The van der Waals surface area contributed by atoms with Crippen LogP contribution in [0.2, 0.25) is 0 Å². The number of carbonyl (C=O) groups is 1. The highest BCUT2D eigenvalue weighted by atomic mass is 32.2. The Morgan fingerprint density at radius 2 is 1.77 bits per heavy atom. The number of halogens is 1. The summed E-state index contributed by atoms with van der Waals surface area (Å²) in [6, 6.07) is 15.6. The second kappa shape index (κ2) is 8.10. The topological polar surface area (TPSA) is 54.9 Å². The number of hydrogen-bond donors (Lipinski definition) is 1.